The summed E-state index contributed by atoms with van der Waals surface area (Å²) >= 11 is 0. The van der Waals surface area contributed by atoms with Gasteiger partial charge in [0.1, 0.15) is 11.6 Å². The summed E-state index contributed by atoms with van der Waals surface area (Å²) in [5.74, 6) is -1.71. The van der Waals surface area contributed by atoms with Gasteiger partial charge in [-0.3, -0.25) is 14.4 Å². The standard InChI is InChI=1S/C21H35N3O5/c1-3-5-6-11-23-19(27)17-21-9-8-14(29-21)15(18(26)22-10-4-2)16(21)20(28)24(17)12-7-13-25/h14-17,25H,3-13H2,1-2H3,(H,22,26)(H,23,27)/t14-,15+,16-,17?,21?/m0/s1. The molecule has 8 heteroatoms. The molecule has 3 N–H and O–H groups in total. The van der Waals surface area contributed by atoms with Gasteiger partial charge in [-0.25, -0.2) is 0 Å². The highest BCUT2D eigenvalue weighted by molar-refractivity contribution is 5.98. The third-order valence-corrected chi connectivity index (χ3v) is 6.54. The zero-order valence-corrected chi connectivity index (χ0v) is 17.6. The highest BCUT2D eigenvalue weighted by Gasteiger charge is 2.74. The van der Waals surface area contributed by atoms with Crippen LogP contribution in [0.3, 0.4) is 0 Å². The van der Waals surface area contributed by atoms with Crippen molar-refractivity contribution < 1.29 is 24.2 Å². The normalized spacial score (nSPS) is 32.5. The molecule has 0 aromatic heterocycles. The van der Waals surface area contributed by atoms with E-state index in [1.165, 1.54) is 0 Å². The molecule has 3 fully saturated rings. The van der Waals surface area contributed by atoms with Gasteiger partial charge < -0.3 is 25.4 Å². The highest BCUT2D eigenvalue weighted by Crippen LogP contribution is 2.58. The molecule has 0 aromatic rings. The lowest BCUT2D eigenvalue weighted by molar-refractivity contribution is -0.142. The van der Waals surface area contributed by atoms with E-state index < -0.39 is 23.5 Å². The summed E-state index contributed by atoms with van der Waals surface area (Å²) in [6.45, 7) is 5.44. The van der Waals surface area contributed by atoms with E-state index in [9.17, 15) is 19.5 Å². The number of amides is 3. The van der Waals surface area contributed by atoms with Crippen molar-refractivity contribution in [3.05, 3.63) is 0 Å². The molecular weight excluding hydrogens is 374 g/mol. The van der Waals surface area contributed by atoms with Crippen molar-refractivity contribution in [3.63, 3.8) is 0 Å². The topological polar surface area (TPSA) is 108 Å². The van der Waals surface area contributed by atoms with Crippen molar-refractivity contribution in [3.8, 4) is 0 Å². The summed E-state index contributed by atoms with van der Waals surface area (Å²) in [5, 5.41) is 15.2. The molecule has 3 aliphatic heterocycles. The second kappa shape index (κ2) is 9.43. The number of aliphatic hydroxyl groups is 1. The Morgan fingerprint density at radius 3 is 2.59 bits per heavy atom. The van der Waals surface area contributed by atoms with Crippen LogP contribution >= 0.6 is 0 Å². The first-order chi connectivity index (χ1) is 14.0. The van der Waals surface area contributed by atoms with Crippen molar-refractivity contribution >= 4 is 17.7 Å². The van der Waals surface area contributed by atoms with Gasteiger partial charge in [0.25, 0.3) is 0 Å². The van der Waals surface area contributed by atoms with Crippen LogP contribution in [0.4, 0.5) is 0 Å². The number of rotatable bonds is 11. The first kappa shape index (κ1) is 22.0. The first-order valence-electron chi connectivity index (χ1n) is 11.2. The monoisotopic (exact) mass is 409 g/mol. The summed E-state index contributed by atoms with van der Waals surface area (Å²) in [4.78, 5) is 40.9. The quantitative estimate of drug-likeness (QED) is 0.433. The molecular formula is C21H35N3O5. The predicted octanol–water partition coefficient (Wildman–Crippen LogP) is 0.576. The Bertz CT molecular complexity index is 627. The van der Waals surface area contributed by atoms with E-state index in [-0.39, 0.29) is 37.0 Å². The van der Waals surface area contributed by atoms with Crippen LogP contribution in [0.25, 0.3) is 0 Å². The van der Waals surface area contributed by atoms with Crippen molar-refractivity contribution in [2.24, 2.45) is 11.8 Å². The average molecular weight is 410 g/mol. The zero-order valence-electron chi connectivity index (χ0n) is 17.6. The molecule has 3 amide bonds. The number of carbonyl (C=O) groups is 3. The Morgan fingerprint density at radius 2 is 1.90 bits per heavy atom. The molecule has 0 aromatic carbocycles. The van der Waals surface area contributed by atoms with Crippen molar-refractivity contribution in [1.82, 2.24) is 15.5 Å². The average Bonchev–Trinajstić information content (AvgIpc) is 3.35. The molecule has 2 bridgehead atoms. The van der Waals surface area contributed by atoms with E-state index >= 15 is 0 Å². The fourth-order valence-electron chi connectivity index (χ4n) is 5.28. The van der Waals surface area contributed by atoms with Crippen LogP contribution in [0.1, 0.15) is 58.8 Å². The Kier molecular flexibility index (Phi) is 7.16. The Labute approximate surface area is 172 Å². The molecule has 3 aliphatic rings. The molecule has 3 heterocycles. The maximum absolute atomic E-state index is 13.4. The van der Waals surface area contributed by atoms with Gasteiger partial charge in [-0.15, -0.1) is 0 Å². The molecule has 3 saturated heterocycles. The number of carbonyl (C=O) groups excluding carboxylic acids is 3. The van der Waals surface area contributed by atoms with Gasteiger partial charge in [-0.2, -0.15) is 0 Å². The molecule has 2 unspecified atom stereocenters. The van der Waals surface area contributed by atoms with Gasteiger partial charge in [0.05, 0.1) is 17.9 Å². The minimum atomic E-state index is -0.930. The number of hydrogen-bond acceptors (Lipinski definition) is 5. The Balaban J connectivity index is 1.84. The van der Waals surface area contributed by atoms with Crippen LogP contribution in [0.2, 0.25) is 0 Å². The maximum Gasteiger partial charge on any atom is 0.245 e. The summed E-state index contributed by atoms with van der Waals surface area (Å²) in [5.41, 5.74) is -0.930. The van der Waals surface area contributed by atoms with E-state index in [1.807, 2.05) is 6.92 Å². The van der Waals surface area contributed by atoms with Gasteiger partial charge in [-0.05, 0) is 32.1 Å². The molecule has 5 atom stereocenters. The number of unbranched alkanes of at least 4 members (excludes halogenated alkanes) is 2. The van der Waals surface area contributed by atoms with Crippen LogP contribution in [-0.4, -0.2) is 71.7 Å². The lowest BCUT2D eigenvalue weighted by Crippen LogP contribution is -2.55. The number of aliphatic hydroxyl groups excluding tert-OH is 1. The van der Waals surface area contributed by atoms with E-state index in [1.54, 1.807) is 4.90 Å². The van der Waals surface area contributed by atoms with Gasteiger partial charge in [0.2, 0.25) is 17.7 Å². The minimum Gasteiger partial charge on any atom is -0.396 e. The molecule has 164 valence electrons. The minimum absolute atomic E-state index is 0.0593. The number of fused-ring (bicyclic) bond motifs is 1. The third kappa shape index (κ3) is 3.89. The number of nitrogens with one attached hydrogen (secondary N) is 2. The molecule has 0 saturated carbocycles. The van der Waals surface area contributed by atoms with Crippen molar-refractivity contribution in [2.45, 2.75) is 76.5 Å². The van der Waals surface area contributed by atoms with Gasteiger partial charge in [0, 0.05) is 26.2 Å². The molecule has 8 nitrogen and oxygen atoms in total. The summed E-state index contributed by atoms with van der Waals surface area (Å²) in [6, 6.07) is -0.734. The highest BCUT2D eigenvalue weighted by atomic mass is 16.5. The van der Waals surface area contributed by atoms with Gasteiger partial charge >= 0.3 is 0 Å². The number of likely N-dealkylation sites (tertiary alicyclic amines) is 1. The summed E-state index contributed by atoms with van der Waals surface area (Å²) in [7, 11) is 0. The number of hydrogen-bond donors (Lipinski definition) is 3. The Morgan fingerprint density at radius 1 is 1.14 bits per heavy atom. The van der Waals surface area contributed by atoms with Crippen molar-refractivity contribution in [1.29, 1.82) is 0 Å². The van der Waals surface area contributed by atoms with Crippen LogP contribution in [-0.2, 0) is 19.1 Å². The predicted molar refractivity (Wildman–Crippen MR) is 107 cm³/mol. The van der Waals surface area contributed by atoms with Gasteiger partial charge in [-0.1, -0.05) is 26.7 Å². The number of ether oxygens (including phenoxy) is 1. The van der Waals surface area contributed by atoms with E-state index in [4.69, 9.17) is 4.74 Å². The summed E-state index contributed by atoms with van der Waals surface area (Å²) < 4.78 is 6.29. The second-order valence-corrected chi connectivity index (χ2v) is 8.45. The first-order valence-corrected chi connectivity index (χ1v) is 11.2. The van der Waals surface area contributed by atoms with Crippen molar-refractivity contribution in [2.75, 3.05) is 26.2 Å². The molecule has 1 spiro atoms. The van der Waals surface area contributed by atoms with E-state index in [2.05, 4.69) is 17.6 Å². The van der Waals surface area contributed by atoms with Crippen LogP contribution in [0.15, 0.2) is 0 Å². The van der Waals surface area contributed by atoms with E-state index in [0.717, 1.165) is 25.7 Å². The smallest absolute Gasteiger partial charge is 0.245 e. The number of nitrogens with zero attached hydrogens (tertiary/aromatic N) is 1. The molecule has 0 aliphatic carbocycles. The maximum atomic E-state index is 13.4. The van der Waals surface area contributed by atoms with Gasteiger partial charge in [0.15, 0.2) is 0 Å². The van der Waals surface area contributed by atoms with Crippen LogP contribution in [0, 0.1) is 11.8 Å². The molecule has 3 rings (SSSR count). The van der Waals surface area contributed by atoms with Crippen LogP contribution in [0.5, 0.6) is 0 Å². The molecule has 29 heavy (non-hydrogen) atoms. The van der Waals surface area contributed by atoms with Crippen LogP contribution < -0.4 is 10.6 Å². The lowest BCUT2D eigenvalue weighted by atomic mass is 9.70. The second-order valence-electron chi connectivity index (χ2n) is 8.45. The SMILES string of the molecule is CCCCCNC(=O)C1N(CCCO)C(=O)[C@@H]2[C@H](C(=O)NCCC)[C@@H]3CCC12O3. The Hall–Kier alpha value is -1.67. The molecule has 0 radical (unpaired) electrons. The van der Waals surface area contributed by atoms with E-state index in [0.29, 0.717) is 32.4 Å². The fraction of sp³-hybridized carbons (Fsp3) is 0.857. The largest absolute Gasteiger partial charge is 0.396 e. The summed E-state index contributed by atoms with van der Waals surface area (Å²) in [6.07, 6.45) is 5.17. The fourth-order valence-corrected chi connectivity index (χ4v) is 5.28. The zero-order chi connectivity index (χ0) is 21.0. The lowest BCUT2D eigenvalue weighted by Gasteiger charge is -2.33. The third-order valence-electron chi connectivity index (χ3n) is 6.54.